The summed E-state index contributed by atoms with van der Waals surface area (Å²) in [5.41, 5.74) is 0.881. The number of pyridine rings is 1. The summed E-state index contributed by atoms with van der Waals surface area (Å²) in [5.74, 6) is -0.397. The molecule has 5 nitrogen and oxygen atoms in total. The van der Waals surface area contributed by atoms with Crippen molar-refractivity contribution in [1.82, 2.24) is 14.6 Å². The van der Waals surface area contributed by atoms with Gasteiger partial charge in [-0.1, -0.05) is 0 Å². The van der Waals surface area contributed by atoms with Crippen molar-refractivity contribution in [2.24, 2.45) is 0 Å². The van der Waals surface area contributed by atoms with Crippen LogP contribution in [0.3, 0.4) is 0 Å². The molecule has 0 saturated carbocycles. The molecule has 0 aliphatic heterocycles. The van der Waals surface area contributed by atoms with Crippen molar-refractivity contribution in [2.75, 3.05) is 18.5 Å². The van der Waals surface area contributed by atoms with Gasteiger partial charge in [-0.3, -0.25) is 4.40 Å². The van der Waals surface area contributed by atoms with Crippen LogP contribution in [0.15, 0.2) is 18.6 Å². The summed E-state index contributed by atoms with van der Waals surface area (Å²) < 4.78 is 14.8. The van der Waals surface area contributed by atoms with E-state index in [1.54, 1.807) is 0 Å². The number of nitrogens with zero attached hydrogens (tertiary/aromatic N) is 3. The molecule has 0 spiro atoms. The second kappa shape index (κ2) is 3.59. The summed E-state index contributed by atoms with van der Waals surface area (Å²) in [7, 11) is 0. The quantitative estimate of drug-likeness (QED) is 0.739. The third kappa shape index (κ3) is 1.51. The fourth-order valence-electron chi connectivity index (χ4n) is 1.17. The van der Waals surface area contributed by atoms with Gasteiger partial charge in [0.1, 0.15) is 6.33 Å². The largest absolute Gasteiger partial charge is 0.395 e. The molecule has 0 fully saturated rings. The van der Waals surface area contributed by atoms with E-state index in [4.69, 9.17) is 5.11 Å². The number of halogens is 1. The Bertz CT molecular complexity index is 442. The number of rotatable bonds is 3. The lowest BCUT2D eigenvalue weighted by molar-refractivity contribution is 0.311. The van der Waals surface area contributed by atoms with Gasteiger partial charge in [0.25, 0.3) is 0 Å². The fourth-order valence-corrected chi connectivity index (χ4v) is 1.17. The molecule has 2 aromatic heterocycles. The maximum Gasteiger partial charge on any atom is 0.163 e. The number of aromatic nitrogens is 3. The highest BCUT2D eigenvalue weighted by Gasteiger charge is 2.04. The molecule has 0 unspecified atom stereocenters. The highest BCUT2D eigenvalue weighted by atomic mass is 19.1. The second-order valence-electron chi connectivity index (χ2n) is 2.78. The van der Waals surface area contributed by atoms with Gasteiger partial charge in [-0.15, -0.1) is 10.2 Å². The van der Waals surface area contributed by atoms with Crippen LogP contribution in [0.25, 0.3) is 5.65 Å². The molecule has 14 heavy (non-hydrogen) atoms. The standard InChI is InChI=1S/C8H9FN4O/c9-6-4-13-5-11-12-8(13)3-7(6)10-1-2-14/h3-5,10,14H,1-2H2. The van der Waals surface area contributed by atoms with Crippen molar-refractivity contribution in [1.29, 1.82) is 0 Å². The lowest BCUT2D eigenvalue weighted by Crippen LogP contribution is -2.07. The monoisotopic (exact) mass is 196 g/mol. The molecule has 2 aromatic rings. The van der Waals surface area contributed by atoms with Crippen molar-refractivity contribution < 1.29 is 9.50 Å². The van der Waals surface area contributed by atoms with Crippen molar-refractivity contribution >= 4 is 11.3 Å². The van der Waals surface area contributed by atoms with E-state index in [1.807, 2.05) is 0 Å². The van der Waals surface area contributed by atoms with Crippen LogP contribution < -0.4 is 5.32 Å². The van der Waals surface area contributed by atoms with Crippen molar-refractivity contribution in [3.05, 3.63) is 24.4 Å². The van der Waals surface area contributed by atoms with Crippen molar-refractivity contribution in [2.45, 2.75) is 0 Å². The number of fused-ring (bicyclic) bond motifs is 1. The summed E-state index contributed by atoms with van der Waals surface area (Å²) in [6.07, 6.45) is 2.71. The fraction of sp³-hybridized carbons (Fsp3) is 0.250. The maximum atomic E-state index is 13.3. The topological polar surface area (TPSA) is 62.5 Å². The Morgan fingerprint density at radius 3 is 3.21 bits per heavy atom. The number of hydrogen-bond acceptors (Lipinski definition) is 4. The predicted molar refractivity (Wildman–Crippen MR) is 48.5 cm³/mol. The minimum Gasteiger partial charge on any atom is -0.395 e. The second-order valence-corrected chi connectivity index (χ2v) is 2.78. The highest BCUT2D eigenvalue weighted by molar-refractivity contribution is 5.54. The lowest BCUT2D eigenvalue weighted by atomic mass is 10.3. The molecule has 0 radical (unpaired) electrons. The molecule has 0 saturated heterocycles. The Labute approximate surface area is 79.2 Å². The molecule has 0 bridgehead atoms. The first-order valence-corrected chi connectivity index (χ1v) is 4.15. The Morgan fingerprint density at radius 1 is 1.57 bits per heavy atom. The minimum atomic E-state index is -0.397. The van der Waals surface area contributed by atoms with E-state index < -0.39 is 5.82 Å². The number of nitrogens with one attached hydrogen (secondary N) is 1. The molecule has 74 valence electrons. The Balaban J connectivity index is 2.38. The first-order chi connectivity index (χ1) is 6.81. The van der Waals surface area contributed by atoms with Crippen LogP contribution in [0.5, 0.6) is 0 Å². The van der Waals surface area contributed by atoms with Gasteiger partial charge in [-0.05, 0) is 0 Å². The molecule has 2 rings (SSSR count). The van der Waals surface area contributed by atoms with Gasteiger partial charge in [0.05, 0.1) is 12.3 Å². The number of hydrogen-bond donors (Lipinski definition) is 2. The van der Waals surface area contributed by atoms with Gasteiger partial charge in [-0.2, -0.15) is 0 Å². The van der Waals surface area contributed by atoms with E-state index >= 15 is 0 Å². The molecule has 0 atom stereocenters. The molecule has 2 N–H and O–H groups in total. The molecular formula is C8H9FN4O. The van der Waals surface area contributed by atoms with Crippen molar-refractivity contribution in [3.8, 4) is 0 Å². The van der Waals surface area contributed by atoms with Crippen LogP contribution in [0, 0.1) is 5.82 Å². The van der Waals surface area contributed by atoms with Gasteiger partial charge < -0.3 is 10.4 Å². The molecule has 0 aromatic carbocycles. The first kappa shape index (κ1) is 8.89. The Hall–Kier alpha value is -1.69. The van der Waals surface area contributed by atoms with Gasteiger partial charge >= 0.3 is 0 Å². The van der Waals surface area contributed by atoms with E-state index in [2.05, 4.69) is 15.5 Å². The van der Waals surface area contributed by atoms with E-state index in [1.165, 1.54) is 23.0 Å². The van der Waals surface area contributed by atoms with E-state index in [9.17, 15) is 4.39 Å². The smallest absolute Gasteiger partial charge is 0.163 e. The van der Waals surface area contributed by atoms with Gasteiger partial charge in [0.2, 0.25) is 0 Å². The maximum absolute atomic E-state index is 13.3. The van der Waals surface area contributed by atoms with Crippen LogP contribution >= 0.6 is 0 Å². The van der Waals surface area contributed by atoms with Crippen LogP contribution in [0.4, 0.5) is 10.1 Å². The molecule has 2 heterocycles. The molecule has 0 amide bonds. The van der Waals surface area contributed by atoms with E-state index in [-0.39, 0.29) is 6.61 Å². The first-order valence-electron chi connectivity index (χ1n) is 4.15. The zero-order chi connectivity index (χ0) is 9.97. The van der Waals surface area contributed by atoms with Crippen LogP contribution in [-0.4, -0.2) is 32.9 Å². The van der Waals surface area contributed by atoms with Gasteiger partial charge in [-0.25, -0.2) is 4.39 Å². The molecular weight excluding hydrogens is 187 g/mol. The highest BCUT2D eigenvalue weighted by Crippen LogP contribution is 2.14. The Kier molecular flexibility index (Phi) is 2.28. The van der Waals surface area contributed by atoms with E-state index in [0.29, 0.717) is 17.9 Å². The molecule has 0 aliphatic rings. The minimum absolute atomic E-state index is 0.0443. The van der Waals surface area contributed by atoms with Crippen LogP contribution in [0.1, 0.15) is 0 Å². The SMILES string of the molecule is OCCNc1cc2nncn2cc1F. The van der Waals surface area contributed by atoms with Crippen LogP contribution in [-0.2, 0) is 0 Å². The summed E-state index contributed by atoms with van der Waals surface area (Å²) in [4.78, 5) is 0. The summed E-state index contributed by atoms with van der Waals surface area (Å²) >= 11 is 0. The van der Waals surface area contributed by atoms with Gasteiger partial charge in [0.15, 0.2) is 11.5 Å². The van der Waals surface area contributed by atoms with Crippen molar-refractivity contribution in [3.63, 3.8) is 0 Å². The average Bonchev–Trinajstić information content (AvgIpc) is 2.61. The summed E-state index contributed by atoms with van der Waals surface area (Å²) in [5, 5.41) is 18.7. The average molecular weight is 196 g/mol. The third-order valence-corrected chi connectivity index (χ3v) is 1.81. The number of aliphatic hydroxyl groups is 1. The normalized spacial score (nSPS) is 10.7. The zero-order valence-electron chi connectivity index (χ0n) is 7.31. The van der Waals surface area contributed by atoms with Crippen LogP contribution in [0.2, 0.25) is 0 Å². The van der Waals surface area contributed by atoms with E-state index in [0.717, 1.165) is 0 Å². The Morgan fingerprint density at radius 2 is 2.43 bits per heavy atom. The molecule has 6 heteroatoms. The summed E-state index contributed by atoms with van der Waals surface area (Å²) in [6, 6.07) is 1.54. The van der Waals surface area contributed by atoms with Gasteiger partial charge in [0, 0.05) is 18.8 Å². The lowest BCUT2D eigenvalue weighted by Gasteiger charge is -2.05. The zero-order valence-corrected chi connectivity index (χ0v) is 7.31. The third-order valence-electron chi connectivity index (χ3n) is 1.81. The number of anilines is 1. The predicted octanol–water partition coefficient (Wildman–Crippen LogP) is 0.273. The number of aliphatic hydroxyl groups excluding tert-OH is 1. The molecule has 0 aliphatic carbocycles. The summed E-state index contributed by atoms with van der Waals surface area (Å²) in [6.45, 7) is 0.262.